The molecule has 1 aliphatic heterocycles. The Balaban J connectivity index is 2.47. The fourth-order valence-corrected chi connectivity index (χ4v) is 3.24. The SMILES string of the molecule is CCCN1C(=O)C(C)(C)COc2ccc(NS(=O)(=O)CBr)cc21. The van der Waals surface area contributed by atoms with Crippen LogP contribution in [0.25, 0.3) is 0 Å². The van der Waals surface area contributed by atoms with Crippen LogP contribution >= 0.6 is 15.9 Å². The zero-order valence-corrected chi connectivity index (χ0v) is 15.8. The van der Waals surface area contributed by atoms with E-state index in [1.54, 1.807) is 23.1 Å². The van der Waals surface area contributed by atoms with E-state index in [4.69, 9.17) is 4.74 Å². The predicted molar refractivity (Wildman–Crippen MR) is 94.7 cm³/mol. The first kappa shape index (κ1) is 18.1. The predicted octanol–water partition coefficient (Wildman–Crippen LogP) is 2.94. The molecule has 1 N–H and O–H groups in total. The van der Waals surface area contributed by atoms with E-state index in [-0.39, 0.29) is 17.2 Å². The summed E-state index contributed by atoms with van der Waals surface area (Å²) in [6.45, 7) is 6.51. The molecular weight excluding hydrogens is 384 g/mol. The second kappa shape index (κ2) is 6.68. The molecule has 0 bridgehead atoms. The van der Waals surface area contributed by atoms with Gasteiger partial charge in [0.25, 0.3) is 0 Å². The van der Waals surface area contributed by atoms with Crippen molar-refractivity contribution in [3.8, 4) is 5.75 Å². The van der Waals surface area contributed by atoms with Gasteiger partial charge in [0.2, 0.25) is 15.9 Å². The van der Waals surface area contributed by atoms with Crippen LogP contribution in [0.3, 0.4) is 0 Å². The number of fused-ring (bicyclic) bond motifs is 1. The number of rotatable bonds is 5. The molecule has 2 rings (SSSR count). The van der Waals surface area contributed by atoms with Crippen LogP contribution in [0.4, 0.5) is 11.4 Å². The van der Waals surface area contributed by atoms with Crippen molar-refractivity contribution in [2.75, 3.05) is 27.4 Å². The summed E-state index contributed by atoms with van der Waals surface area (Å²) in [7, 11) is -3.45. The van der Waals surface area contributed by atoms with E-state index in [0.29, 0.717) is 23.7 Å². The highest BCUT2D eigenvalue weighted by molar-refractivity contribution is 9.10. The van der Waals surface area contributed by atoms with Gasteiger partial charge in [-0.3, -0.25) is 9.52 Å². The molecule has 6 nitrogen and oxygen atoms in total. The number of alkyl halides is 1. The first-order valence-corrected chi connectivity index (χ1v) is 10.1. The van der Waals surface area contributed by atoms with Gasteiger partial charge in [-0.15, -0.1) is 0 Å². The molecule has 1 aliphatic rings. The van der Waals surface area contributed by atoms with Crippen LogP contribution in [0.1, 0.15) is 27.2 Å². The first-order valence-electron chi connectivity index (χ1n) is 7.35. The van der Waals surface area contributed by atoms with Crippen molar-refractivity contribution in [2.24, 2.45) is 5.41 Å². The van der Waals surface area contributed by atoms with E-state index in [2.05, 4.69) is 20.7 Å². The second-order valence-corrected chi connectivity index (χ2v) is 9.16. The molecule has 0 aliphatic carbocycles. The van der Waals surface area contributed by atoms with Gasteiger partial charge in [-0.25, -0.2) is 8.42 Å². The minimum atomic E-state index is -3.45. The lowest BCUT2D eigenvalue weighted by molar-refractivity contribution is -0.127. The maximum atomic E-state index is 12.8. The summed E-state index contributed by atoms with van der Waals surface area (Å²) in [6, 6.07) is 4.97. The van der Waals surface area contributed by atoms with Gasteiger partial charge in [-0.05, 0) is 38.5 Å². The largest absolute Gasteiger partial charge is 0.490 e. The Morgan fingerprint density at radius 2 is 2.09 bits per heavy atom. The number of hydrogen-bond acceptors (Lipinski definition) is 4. The zero-order valence-electron chi connectivity index (χ0n) is 13.4. The Labute approximate surface area is 145 Å². The summed E-state index contributed by atoms with van der Waals surface area (Å²) in [5.74, 6) is 0.553. The second-order valence-electron chi connectivity index (χ2n) is 6.14. The van der Waals surface area contributed by atoms with Crippen LogP contribution in [0, 0.1) is 5.41 Å². The fourth-order valence-electron chi connectivity index (χ4n) is 2.36. The Hall–Kier alpha value is -1.28. The van der Waals surface area contributed by atoms with Crippen LogP contribution in [-0.4, -0.2) is 32.1 Å². The number of carbonyl (C=O) groups excluding carboxylic acids is 1. The topological polar surface area (TPSA) is 75.7 Å². The summed E-state index contributed by atoms with van der Waals surface area (Å²) in [6.07, 6.45) is 0.790. The number of hydrogen-bond donors (Lipinski definition) is 1. The monoisotopic (exact) mass is 404 g/mol. The number of nitrogens with one attached hydrogen (secondary N) is 1. The van der Waals surface area contributed by atoms with Gasteiger partial charge in [0, 0.05) is 6.54 Å². The van der Waals surface area contributed by atoms with Gasteiger partial charge in [-0.2, -0.15) is 0 Å². The van der Waals surface area contributed by atoms with Gasteiger partial charge < -0.3 is 9.64 Å². The first-order chi connectivity index (χ1) is 10.7. The molecule has 0 saturated heterocycles. The van der Waals surface area contributed by atoms with E-state index in [1.165, 1.54) is 0 Å². The third-order valence-corrected chi connectivity index (χ3v) is 6.17. The van der Waals surface area contributed by atoms with Gasteiger partial charge in [0.15, 0.2) is 0 Å². The quantitative estimate of drug-likeness (QED) is 0.765. The number of benzene rings is 1. The number of halogens is 1. The van der Waals surface area contributed by atoms with Crippen LogP contribution < -0.4 is 14.4 Å². The average molecular weight is 405 g/mol. The summed E-state index contributed by atoms with van der Waals surface area (Å²) in [5.41, 5.74) is 0.363. The van der Waals surface area contributed by atoms with Crippen molar-refractivity contribution >= 4 is 43.2 Å². The fraction of sp³-hybridized carbons (Fsp3) is 0.533. The number of amides is 1. The number of sulfonamides is 1. The summed E-state index contributed by atoms with van der Waals surface area (Å²) >= 11 is 2.94. The molecular formula is C15H21BrN2O4S. The number of ether oxygens (including phenoxy) is 1. The molecule has 1 aromatic carbocycles. The van der Waals surface area contributed by atoms with E-state index < -0.39 is 15.4 Å². The molecule has 128 valence electrons. The lowest BCUT2D eigenvalue weighted by Gasteiger charge is -2.27. The Morgan fingerprint density at radius 3 is 2.70 bits per heavy atom. The highest BCUT2D eigenvalue weighted by Crippen LogP contribution is 2.38. The highest BCUT2D eigenvalue weighted by Gasteiger charge is 2.37. The van der Waals surface area contributed by atoms with Crippen molar-refractivity contribution in [1.82, 2.24) is 0 Å². The molecule has 1 heterocycles. The molecule has 23 heavy (non-hydrogen) atoms. The molecule has 0 atom stereocenters. The average Bonchev–Trinajstić information content (AvgIpc) is 2.58. The van der Waals surface area contributed by atoms with Crippen molar-refractivity contribution < 1.29 is 17.9 Å². The Morgan fingerprint density at radius 1 is 1.39 bits per heavy atom. The highest BCUT2D eigenvalue weighted by atomic mass is 79.9. The van der Waals surface area contributed by atoms with Crippen molar-refractivity contribution in [3.63, 3.8) is 0 Å². The van der Waals surface area contributed by atoms with Crippen LogP contribution in [-0.2, 0) is 14.8 Å². The minimum Gasteiger partial charge on any atom is -0.490 e. The summed E-state index contributed by atoms with van der Waals surface area (Å²) in [5, 5.41) is 0. The van der Waals surface area contributed by atoms with E-state index >= 15 is 0 Å². The molecule has 0 spiro atoms. The normalized spacial score (nSPS) is 17.2. The molecule has 8 heteroatoms. The zero-order chi connectivity index (χ0) is 17.3. The maximum Gasteiger partial charge on any atom is 0.242 e. The van der Waals surface area contributed by atoms with Gasteiger partial charge in [0.1, 0.15) is 17.0 Å². The molecule has 0 radical (unpaired) electrons. The van der Waals surface area contributed by atoms with E-state index in [9.17, 15) is 13.2 Å². The maximum absolute atomic E-state index is 12.8. The molecule has 1 amide bonds. The number of nitrogens with zero attached hydrogens (tertiary/aromatic N) is 1. The van der Waals surface area contributed by atoms with E-state index in [1.807, 2.05) is 20.8 Å². The Kier molecular flexibility index (Phi) is 5.25. The van der Waals surface area contributed by atoms with Crippen molar-refractivity contribution in [3.05, 3.63) is 18.2 Å². The molecule has 0 aromatic heterocycles. The van der Waals surface area contributed by atoms with Gasteiger partial charge in [-0.1, -0.05) is 22.9 Å². The standard InChI is InChI=1S/C15H21BrN2O4S/c1-4-7-18-12-8-11(17-23(20,21)10-16)5-6-13(12)22-9-15(2,3)14(18)19/h5-6,8,17H,4,7,9-10H2,1-3H3. The summed E-state index contributed by atoms with van der Waals surface area (Å²) < 4.78 is 31.5. The summed E-state index contributed by atoms with van der Waals surface area (Å²) in [4.78, 5) is 14.4. The number of anilines is 2. The molecule has 0 unspecified atom stereocenters. The van der Waals surface area contributed by atoms with E-state index in [0.717, 1.165) is 6.42 Å². The molecule has 0 fully saturated rings. The van der Waals surface area contributed by atoms with Gasteiger partial charge >= 0.3 is 0 Å². The van der Waals surface area contributed by atoms with Crippen LogP contribution in [0.15, 0.2) is 18.2 Å². The van der Waals surface area contributed by atoms with Crippen molar-refractivity contribution in [2.45, 2.75) is 27.2 Å². The Bertz CT molecular complexity index is 703. The third-order valence-electron chi connectivity index (χ3n) is 3.53. The van der Waals surface area contributed by atoms with Crippen LogP contribution in [0.2, 0.25) is 0 Å². The van der Waals surface area contributed by atoms with Crippen LogP contribution in [0.5, 0.6) is 5.75 Å². The van der Waals surface area contributed by atoms with Crippen molar-refractivity contribution in [1.29, 1.82) is 0 Å². The molecule has 0 saturated carbocycles. The lowest BCUT2D eigenvalue weighted by Crippen LogP contribution is -2.42. The minimum absolute atomic E-state index is 0.0291. The number of carbonyl (C=O) groups is 1. The third kappa shape index (κ3) is 3.98. The van der Waals surface area contributed by atoms with Gasteiger partial charge in [0.05, 0.1) is 16.8 Å². The smallest absolute Gasteiger partial charge is 0.242 e. The lowest BCUT2D eigenvalue weighted by atomic mass is 9.93. The molecule has 1 aromatic rings.